The first-order valence-corrected chi connectivity index (χ1v) is 6.17. The second-order valence-electron chi connectivity index (χ2n) is 4.55. The molecule has 0 bridgehead atoms. The summed E-state index contributed by atoms with van der Waals surface area (Å²) in [7, 11) is 0. The van der Waals surface area contributed by atoms with E-state index < -0.39 is 5.92 Å². The average Bonchev–Trinajstić information content (AvgIpc) is 2.74. The van der Waals surface area contributed by atoms with Crippen molar-refractivity contribution in [1.29, 1.82) is 0 Å². The predicted molar refractivity (Wildman–Crippen MR) is 70.3 cm³/mol. The van der Waals surface area contributed by atoms with E-state index in [1.807, 2.05) is 13.8 Å². The number of ether oxygens (including phenoxy) is 1. The van der Waals surface area contributed by atoms with E-state index in [0.717, 1.165) is 0 Å². The molecule has 0 aliphatic heterocycles. The van der Waals surface area contributed by atoms with Crippen LogP contribution in [0.2, 0.25) is 0 Å². The number of aromatic nitrogens is 4. The number of esters is 1. The first-order valence-electron chi connectivity index (χ1n) is 6.17. The van der Waals surface area contributed by atoms with Gasteiger partial charge in [-0.15, -0.1) is 0 Å². The number of H-pyrrole nitrogens is 1. The SMILES string of the molecule is CCOC(=O)C(c1nc2ncnc(N)c2[nH]1)C(C)C. The molecule has 19 heavy (non-hydrogen) atoms. The fraction of sp³-hybridized carbons (Fsp3) is 0.500. The molecule has 3 N–H and O–H groups in total. The van der Waals surface area contributed by atoms with Crippen LogP contribution < -0.4 is 5.73 Å². The number of hydrogen-bond donors (Lipinski definition) is 2. The summed E-state index contributed by atoms with van der Waals surface area (Å²) in [5.74, 6) is 0.108. The lowest BCUT2D eigenvalue weighted by Crippen LogP contribution is -2.22. The van der Waals surface area contributed by atoms with Crippen LogP contribution in [0.15, 0.2) is 6.33 Å². The van der Waals surface area contributed by atoms with Crippen LogP contribution in [0.3, 0.4) is 0 Å². The van der Waals surface area contributed by atoms with Gasteiger partial charge >= 0.3 is 5.97 Å². The van der Waals surface area contributed by atoms with Crippen molar-refractivity contribution in [2.24, 2.45) is 5.92 Å². The van der Waals surface area contributed by atoms with Crippen molar-refractivity contribution in [2.75, 3.05) is 12.3 Å². The van der Waals surface area contributed by atoms with Crippen molar-refractivity contribution < 1.29 is 9.53 Å². The number of nitrogens with one attached hydrogen (secondary N) is 1. The molecule has 0 saturated heterocycles. The summed E-state index contributed by atoms with van der Waals surface area (Å²) >= 11 is 0. The lowest BCUT2D eigenvalue weighted by atomic mass is 9.95. The number of carbonyl (C=O) groups excluding carboxylic acids is 1. The lowest BCUT2D eigenvalue weighted by molar-refractivity contribution is -0.146. The van der Waals surface area contributed by atoms with Crippen molar-refractivity contribution >= 4 is 23.0 Å². The molecule has 0 spiro atoms. The Kier molecular flexibility index (Phi) is 3.64. The molecule has 0 radical (unpaired) electrons. The van der Waals surface area contributed by atoms with E-state index in [9.17, 15) is 4.79 Å². The summed E-state index contributed by atoms with van der Waals surface area (Å²) in [6.07, 6.45) is 1.34. The van der Waals surface area contributed by atoms with Crippen LogP contribution in [-0.4, -0.2) is 32.5 Å². The van der Waals surface area contributed by atoms with E-state index in [4.69, 9.17) is 10.5 Å². The van der Waals surface area contributed by atoms with Gasteiger partial charge in [0, 0.05) is 0 Å². The highest BCUT2D eigenvalue weighted by molar-refractivity contribution is 5.83. The molecule has 1 atom stereocenters. The minimum Gasteiger partial charge on any atom is -0.465 e. The number of nitrogens with two attached hydrogens (primary N) is 1. The Balaban J connectivity index is 2.45. The largest absolute Gasteiger partial charge is 0.465 e. The van der Waals surface area contributed by atoms with Gasteiger partial charge in [-0.2, -0.15) is 0 Å². The minimum atomic E-state index is -0.464. The summed E-state index contributed by atoms with van der Waals surface area (Å²) < 4.78 is 5.08. The second-order valence-corrected chi connectivity index (χ2v) is 4.55. The van der Waals surface area contributed by atoms with Gasteiger partial charge in [0.05, 0.1) is 6.61 Å². The number of carbonyl (C=O) groups is 1. The number of fused-ring (bicyclic) bond motifs is 1. The van der Waals surface area contributed by atoms with Gasteiger partial charge in [0.1, 0.15) is 23.6 Å². The van der Waals surface area contributed by atoms with Gasteiger partial charge in [0.2, 0.25) is 0 Å². The summed E-state index contributed by atoms with van der Waals surface area (Å²) in [4.78, 5) is 27.2. The fourth-order valence-corrected chi connectivity index (χ4v) is 1.94. The van der Waals surface area contributed by atoms with Crippen LogP contribution in [0.1, 0.15) is 32.5 Å². The molecule has 7 heteroatoms. The van der Waals surface area contributed by atoms with Gasteiger partial charge in [-0.25, -0.2) is 15.0 Å². The number of hydrogen-bond acceptors (Lipinski definition) is 6. The van der Waals surface area contributed by atoms with Crippen molar-refractivity contribution in [2.45, 2.75) is 26.7 Å². The van der Waals surface area contributed by atoms with Crippen LogP contribution in [0.25, 0.3) is 11.2 Å². The second kappa shape index (κ2) is 5.21. The summed E-state index contributed by atoms with van der Waals surface area (Å²) in [6.45, 7) is 5.98. The normalized spacial score (nSPS) is 12.8. The Bertz CT molecular complexity index is 593. The molecule has 1 unspecified atom stereocenters. The number of imidazole rings is 1. The Hall–Kier alpha value is -2.18. The number of nitrogen functional groups attached to an aromatic ring is 1. The van der Waals surface area contributed by atoms with Crippen LogP contribution in [0.5, 0.6) is 0 Å². The van der Waals surface area contributed by atoms with E-state index in [1.165, 1.54) is 6.33 Å². The Morgan fingerprint density at radius 1 is 1.47 bits per heavy atom. The van der Waals surface area contributed by atoms with E-state index in [0.29, 0.717) is 29.4 Å². The highest BCUT2D eigenvalue weighted by Crippen LogP contribution is 2.26. The standard InChI is InChI=1S/C12H17N5O2/c1-4-19-12(18)7(6(2)3)10-16-8-9(13)14-5-15-11(8)17-10/h5-7H,4H2,1-3H3,(H3,13,14,15,16,17). The fourth-order valence-electron chi connectivity index (χ4n) is 1.94. The molecule has 2 rings (SSSR count). The molecule has 0 amide bonds. The molecule has 0 aliphatic carbocycles. The topological polar surface area (TPSA) is 107 Å². The van der Waals surface area contributed by atoms with Crippen LogP contribution in [0, 0.1) is 5.92 Å². The summed E-state index contributed by atoms with van der Waals surface area (Å²) in [6, 6.07) is 0. The van der Waals surface area contributed by atoms with E-state index in [2.05, 4.69) is 19.9 Å². The Morgan fingerprint density at radius 3 is 2.79 bits per heavy atom. The molecule has 7 nitrogen and oxygen atoms in total. The predicted octanol–water partition coefficient (Wildman–Crippen LogP) is 1.24. The zero-order chi connectivity index (χ0) is 14.0. The highest BCUT2D eigenvalue weighted by atomic mass is 16.5. The van der Waals surface area contributed by atoms with Crippen LogP contribution in [0.4, 0.5) is 5.82 Å². The maximum Gasteiger partial charge on any atom is 0.316 e. The third-order valence-corrected chi connectivity index (χ3v) is 2.84. The zero-order valence-electron chi connectivity index (χ0n) is 11.2. The number of aromatic amines is 1. The molecule has 2 aromatic rings. The summed E-state index contributed by atoms with van der Waals surface area (Å²) in [5.41, 5.74) is 6.75. The quantitative estimate of drug-likeness (QED) is 0.803. The molecular weight excluding hydrogens is 246 g/mol. The van der Waals surface area contributed by atoms with Crippen molar-refractivity contribution in [3.05, 3.63) is 12.2 Å². The molecule has 0 fully saturated rings. The Labute approximate surface area is 110 Å². The first-order chi connectivity index (χ1) is 9.04. The van der Waals surface area contributed by atoms with Gasteiger partial charge in [-0.1, -0.05) is 13.8 Å². The maximum atomic E-state index is 12.0. The average molecular weight is 263 g/mol. The van der Waals surface area contributed by atoms with Crippen molar-refractivity contribution in [3.8, 4) is 0 Å². The van der Waals surface area contributed by atoms with Crippen molar-refractivity contribution in [3.63, 3.8) is 0 Å². The molecule has 2 heterocycles. The van der Waals surface area contributed by atoms with Gasteiger partial charge in [0.15, 0.2) is 11.5 Å². The lowest BCUT2D eigenvalue weighted by Gasteiger charge is -2.16. The Morgan fingerprint density at radius 2 is 2.21 bits per heavy atom. The van der Waals surface area contributed by atoms with E-state index in [1.54, 1.807) is 6.92 Å². The molecule has 0 saturated carbocycles. The number of anilines is 1. The van der Waals surface area contributed by atoms with Gasteiger partial charge in [-0.05, 0) is 12.8 Å². The van der Waals surface area contributed by atoms with Crippen LogP contribution in [-0.2, 0) is 9.53 Å². The summed E-state index contributed by atoms with van der Waals surface area (Å²) in [5, 5.41) is 0. The minimum absolute atomic E-state index is 0.0498. The molecule has 102 valence electrons. The van der Waals surface area contributed by atoms with Gasteiger partial charge < -0.3 is 15.5 Å². The van der Waals surface area contributed by atoms with Gasteiger partial charge in [0.25, 0.3) is 0 Å². The number of rotatable bonds is 4. The van der Waals surface area contributed by atoms with Crippen LogP contribution >= 0.6 is 0 Å². The molecule has 0 aliphatic rings. The smallest absolute Gasteiger partial charge is 0.316 e. The van der Waals surface area contributed by atoms with E-state index in [-0.39, 0.29) is 11.9 Å². The molecule has 2 aromatic heterocycles. The van der Waals surface area contributed by atoms with Crippen molar-refractivity contribution in [1.82, 2.24) is 19.9 Å². The van der Waals surface area contributed by atoms with E-state index >= 15 is 0 Å². The molecule has 0 aromatic carbocycles. The number of nitrogens with zero attached hydrogens (tertiary/aromatic N) is 3. The third kappa shape index (κ3) is 2.49. The zero-order valence-corrected chi connectivity index (χ0v) is 11.2. The van der Waals surface area contributed by atoms with Gasteiger partial charge in [-0.3, -0.25) is 4.79 Å². The maximum absolute atomic E-state index is 12.0. The third-order valence-electron chi connectivity index (χ3n) is 2.84. The highest BCUT2D eigenvalue weighted by Gasteiger charge is 2.29. The first kappa shape index (κ1) is 13.3. The monoisotopic (exact) mass is 263 g/mol. The molecular formula is C12H17N5O2.